The third-order valence-corrected chi connectivity index (χ3v) is 16.5. The zero-order valence-electron chi connectivity index (χ0n) is 44.2. The molecule has 2 unspecified atom stereocenters. The van der Waals surface area contributed by atoms with Crippen LogP contribution in [0.2, 0.25) is 0 Å². The molecule has 408 valence electrons. The van der Waals surface area contributed by atoms with E-state index >= 15 is 8.78 Å². The standard InChI is InChI=1S/C57H68F2N10O7S/c1-32(34-12-14-35(15-13-34)51-33(2)61-31-77-51)62-54(73)45-25-41(71)29-69(45)55(74)52(57(3,4)5)64-46(72)18-22-75-21-8-20-67-19-7-10-39(67)30-76-56-65-50-43(53(66-56)68-27-37-16-17-38(28-68)63-37)26-60-49(48(50)59)42-24-40(70)23-36-9-6-11-44(58)47(36)42/h6,9,11-15,23-24,26,31-32,37-39,41,45,52,63,70-71H,7-8,10,16-22,25,27-30H2,1-5H3,(H,62,73)(H,64,72)/t32-,37?,38?,39-,41+,45-,52+/m0/s1. The van der Waals surface area contributed by atoms with E-state index in [1.807, 2.05) is 64.4 Å². The number of hydrogen-bond donors (Lipinski definition) is 5. The van der Waals surface area contributed by atoms with Crippen LogP contribution in [-0.4, -0.2) is 147 Å². The van der Waals surface area contributed by atoms with Crippen LogP contribution < -0.4 is 25.6 Å². The number of fused-ring (bicyclic) bond motifs is 4. The molecule has 0 radical (unpaired) electrons. The minimum Gasteiger partial charge on any atom is -0.508 e. The van der Waals surface area contributed by atoms with Crippen molar-refractivity contribution in [2.24, 2.45) is 5.41 Å². The van der Waals surface area contributed by atoms with Crippen LogP contribution in [-0.2, 0) is 19.1 Å². The normalized spacial score (nSPS) is 21.5. The first-order valence-corrected chi connectivity index (χ1v) is 27.7. The van der Waals surface area contributed by atoms with Crippen molar-refractivity contribution in [1.29, 1.82) is 0 Å². The third kappa shape index (κ3) is 11.9. The lowest BCUT2D eigenvalue weighted by Gasteiger charge is -2.35. The number of phenols is 1. The number of phenolic OH excluding ortho intramolecular Hbond substituents is 1. The van der Waals surface area contributed by atoms with Crippen LogP contribution in [0, 0.1) is 24.0 Å². The Kier molecular flexibility index (Phi) is 16.0. The number of ether oxygens (including phenoxy) is 2. The number of rotatable bonds is 18. The van der Waals surface area contributed by atoms with Crippen LogP contribution in [0.3, 0.4) is 0 Å². The average Bonchev–Trinajstić information content (AvgIpc) is 4.23. The number of hydrogen-bond acceptors (Lipinski definition) is 15. The predicted molar refractivity (Wildman–Crippen MR) is 291 cm³/mol. The molecule has 7 heterocycles. The number of halogens is 2. The minimum atomic E-state index is -0.960. The highest BCUT2D eigenvalue weighted by molar-refractivity contribution is 7.13. The number of aryl methyl sites for hydroxylation is 1. The molecule has 2 bridgehead atoms. The average molecular weight is 1080 g/mol. The van der Waals surface area contributed by atoms with Gasteiger partial charge >= 0.3 is 6.01 Å². The fourth-order valence-electron chi connectivity index (χ4n) is 11.5. The summed E-state index contributed by atoms with van der Waals surface area (Å²) in [7, 11) is 0. The van der Waals surface area contributed by atoms with Gasteiger partial charge in [0.15, 0.2) is 5.82 Å². The SMILES string of the molecule is Cc1ncsc1-c1ccc([C@H](C)NC(=O)[C@@H]2C[C@@H](O)CN2C(=O)[C@@H](NC(=O)CCOCCCN2CCC[C@H]2COc2nc(N3CC4CCC(C3)N4)c3cnc(-c4cc(O)cc5cccc(F)c45)c(F)c3n2)C(C)(C)C)cc1. The van der Waals surface area contributed by atoms with Crippen molar-refractivity contribution in [1.82, 2.24) is 45.7 Å². The summed E-state index contributed by atoms with van der Waals surface area (Å²) in [4.78, 5) is 66.7. The van der Waals surface area contributed by atoms with Crippen LogP contribution >= 0.6 is 11.3 Å². The van der Waals surface area contributed by atoms with E-state index in [4.69, 9.17) is 14.5 Å². The molecule has 0 spiro atoms. The quantitative estimate of drug-likeness (QED) is 0.0540. The molecule has 4 aliphatic heterocycles. The number of benzene rings is 3. The largest absolute Gasteiger partial charge is 0.508 e. The van der Waals surface area contributed by atoms with Gasteiger partial charge in [0.25, 0.3) is 0 Å². The lowest BCUT2D eigenvalue weighted by atomic mass is 9.85. The number of aliphatic hydroxyl groups excluding tert-OH is 1. The number of likely N-dealkylation sites (tertiary alicyclic amines) is 2. The smallest absolute Gasteiger partial charge is 0.319 e. The van der Waals surface area contributed by atoms with Gasteiger partial charge in [0.05, 0.1) is 40.2 Å². The molecule has 0 saturated carbocycles. The van der Waals surface area contributed by atoms with E-state index in [2.05, 4.69) is 40.7 Å². The summed E-state index contributed by atoms with van der Waals surface area (Å²) in [6.07, 6.45) is 5.32. The summed E-state index contributed by atoms with van der Waals surface area (Å²) in [5.41, 5.74) is 3.96. The van der Waals surface area contributed by atoms with Gasteiger partial charge in [-0.05, 0) is 92.6 Å². The third-order valence-electron chi connectivity index (χ3n) is 15.5. The van der Waals surface area contributed by atoms with Crippen LogP contribution in [0.1, 0.15) is 89.9 Å². The highest BCUT2D eigenvalue weighted by Gasteiger charge is 2.45. The lowest BCUT2D eigenvalue weighted by molar-refractivity contribution is -0.144. The van der Waals surface area contributed by atoms with Gasteiger partial charge in [-0.3, -0.25) is 24.3 Å². The predicted octanol–water partition coefficient (Wildman–Crippen LogP) is 7.21. The summed E-state index contributed by atoms with van der Waals surface area (Å²) in [5.74, 6) is -2.13. The molecule has 0 aliphatic carbocycles. The second-order valence-corrected chi connectivity index (χ2v) is 23.0. The van der Waals surface area contributed by atoms with Gasteiger partial charge in [0.2, 0.25) is 17.7 Å². The first-order valence-electron chi connectivity index (χ1n) is 26.8. The molecule has 3 aromatic carbocycles. The maximum absolute atomic E-state index is 16.9. The Bertz CT molecular complexity index is 3130. The Hall–Kier alpha value is -6.45. The van der Waals surface area contributed by atoms with Gasteiger partial charge in [-0.15, -0.1) is 11.3 Å². The van der Waals surface area contributed by atoms with E-state index in [9.17, 15) is 24.6 Å². The second-order valence-electron chi connectivity index (χ2n) is 22.1. The van der Waals surface area contributed by atoms with E-state index in [0.717, 1.165) is 53.9 Å². The summed E-state index contributed by atoms with van der Waals surface area (Å²) < 4.78 is 44.6. The molecular weight excluding hydrogens is 1010 g/mol. The van der Waals surface area contributed by atoms with Crippen molar-refractivity contribution in [2.75, 3.05) is 57.4 Å². The molecule has 6 aromatic rings. The fourth-order valence-corrected chi connectivity index (χ4v) is 12.3. The van der Waals surface area contributed by atoms with Crippen molar-refractivity contribution >= 4 is 56.6 Å². The Morgan fingerprint density at radius 2 is 1.75 bits per heavy atom. The molecule has 7 atom stereocenters. The number of β-amino-alcohol motifs (C(OH)–C–C–N with tert-alkyl or cyclic N) is 1. The number of aliphatic hydroxyl groups is 1. The highest BCUT2D eigenvalue weighted by atomic mass is 32.1. The number of pyridine rings is 1. The zero-order chi connectivity index (χ0) is 54.1. The number of aromatic hydroxyl groups is 1. The van der Waals surface area contributed by atoms with Crippen LogP contribution in [0.4, 0.5) is 14.6 Å². The van der Waals surface area contributed by atoms with Crippen LogP contribution in [0.15, 0.2) is 66.3 Å². The fraction of sp³-hybridized carbons (Fsp3) is 0.491. The molecule has 4 fully saturated rings. The molecule has 4 saturated heterocycles. The van der Waals surface area contributed by atoms with E-state index in [1.165, 1.54) is 35.4 Å². The molecule has 5 N–H and O–H groups in total. The Labute approximate surface area is 450 Å². The molecule has 77 heavy (non-hydrogen) atoms. The number of carbonyl (C=O) groups excluding carboxylic acids is 3. The number of anilines is 1. The Balaban J connectivity index is 0.724. The van der Waals surface area contributed by atoms with Gasteiger partial charge in [-0.2, -0.15) is 9.97 Å². The van der Waals surface area contributed by atoms with Crippen LogP contribution in [0.5, 0.6) is 11.8 Å². The van der Waals surface area contributed by atoms with Crippen molar-refractivity contribution in [2.45, 2.75) is 122 Å². The van der Waals surface area contributed by atoms with Crippen molar-refractivity contribution in [3.63, 3.8) is 0 Å². The highest BCUT2D eigenvalue weighted by Crippen LogP contribution is 2.39. The minimum absolute atomic E-state index is 0.00460. The summed E-state index contributed by atoms with van der Waals surface area (Å²) >= 11 is 1.57. The van der Waals surface area contributed by atoms with Crippen molar-refractivity contribution in [3.8, 4) is 33.5 Å². The van der Waals surface area contributed by atoms with E-state index in [1.54, 1.807) is 17.4 Å². The van der Waals surface area contributed by atoms with Gasteiger partial charge in [-0.25, -0.2) is 13.8 Å². The van der Waals surface area contributed by atoms with Crippen molar-refractivity contribution < 1.29 is 42.9 Å². The monoisotopic (exact) mass is 1070 g/mol. The van der Waals surface area contributed by atoms with Gasteiger partial charge in [0.1, 0.15) is 47.3 Å². The number of aromatic nitrogens is 4. The van der Waals surface area contributed by atoms with Gasteiger partial charge < -0.3 is 45.4 Å². The molecule has 3 amide bonds. The lowest BCUT2D eigenvalue weighted by Crippen LogP contribution is -2.58. The summed E-state index contributed by atoms with van der Waals surface area (Å²) in [6.45, 7) is 13.1. The first-order chi connectivity index (χ1) is 37.0. The Morgan fingerprint density at radius 3 is 2.49 bits per heavy atom. The van der Waals surface area contributed by atoms with E-state index in [-0.39, 0.29) is 103 Å². The van der Waals surface area contributed by atoms with Crippen LogP contribution in [0.25, 0.3) is 43.4 Å². The number of piperazine rings is 1. The molecule has 3 aromatic heterocycles. The molecule has 10 rings (SSSR count). The number of amides is 3. The topological polar surface area (TPSA) is 208 Å². The van der Waals surface area contributed by atoms with E-state index in [0.29, 0.717) is 49.3 Å². The zero-order valence-corrected chi connectivity index (χ0v) is 45.0. The molecule has 17 nitrogen and oxygen atoms in total. The summed E-state index contributed by atoms with van der Waals surface area (Å²) in [6, 6.07) is 13.5. The number of nitrogens with one attached hydrogen (secondary N) is 3. The van der Waals surface area contributed by atoms with Gasteiger partial charge in [-0.1, -0.05) is 57.2 Å². The molecule has 20 heteroatoms. The maximum atomic E-state index is 16.9. The maximum Gasteiger partial charge on any atom is 0.319 e. The summed E-state index contributed by atoms with van der Waals surface area (Å²) in [5, 5.41) is 31.9. The number of thiazole rings is 1. The molecular formula is C57H68F2N10O7S. The first kappa shape index (κ1) is 53.9. The molecule has 4 aliphatic rings. The van der Waals surface area contributed by atoms with Crippen molar-refractivity contribution in [3.05, 3.63) is 89.2 Å². The second kappa shape index (κ2) is 22.9. The number of carbonyl (C=O) groups is 3. The Morgan fingerprint density at radius 1 is 0.974 bits per heavy atom. The number of nitrogens with zero attached hydrogens (tertiary/aromatic N) is 7. The van der Waals surface area contributed by atoms with Gasteiger partial charge in [0, 0.05) is 80.9 Å². The van der Waals surface area contributed by atoms with E-state index < -0.39 is 41.1 Å².